The van der Waals surface area contributed by atoms with E-state index >= 15 is 0 Å². The Morgan fingerprint density at radius 2 is 1.92 bits per heavy atom. The summed E-state index contributed by atoms with van der Waals surface area (Å²) in [6.07, 6.45) is 2.70. The van der Waals surface area contributed by atoms with Gasteiger partial charge >= 0.3 is 0 Å². The number of carbonyl (C=O) groups is 1. The monoisotopic (exact) mass is 335 g/mol. The topological polar surface area (TPSA) is 48.0 Å². The van der Waals surface area contributed by atoms with Crippen LogP contribution in [-0.2, 0) is 4.74 Å². The number of nitrogens with zero attached hydrogens (tertiary/aromatic N) is 1. The van der Waals surface area contributed by atoms with Gasteiger partial charge in [-0.25, -0.2) is 0 Å². The van der Waals surface area contributed by atoms with Crippen molar-refractivity contribution in [2.24, 2.45) is 0 Å². The Kier molecular flexibility index (Phi) is 7.06. The summed E-state index contributed by atoms with van der Waals surface area (Å²) < 4.78 is 16.9. The molecule has 1 saturated heterocycles. The van der Waals surface area contributed by atoms with Gasteiger partial charge in [-0.05, 0) is 58.4 Å². The third-order valence-corrected chi connectivity index (χ3v) is 4.19. The predicted molar refractivity (Wildman–Crippen MR) is 94.2 cm³/mol. The lowest BCUT2D eigenvalue weighted by Crippen LogP contribution is -2.45. The average molecular weight is 335 g/mol. The molecule has 0 N–H and O–H groups in total. The van der Waals surface area contributed by atoms with Crippen LogP contribution in [0.1, 0.15) is 44.0 Å². The van der Waals surface area contributed by atoms with E-state index in [4.69, 9.17) is 14.2 Å². The number of Topliss-reactive ketones (excluding diaryl/α,β-unsaturated/α-hetero) is 1. The minimum Gasteiger partial charge on any atom is -0.493 e. The highest BCUT2D eigenvalue weighted by Crippen LogP contribution is 2.28. The molecule has 1 aliphatic heterocycles. The lowest BCUT2D eigenvalue weighted by Gasteiger charge is -2.35. The number of morpholine rings is 1. The quantitative estimate of drug-likeness (QED) is 0.539. The van der Waals surface area contributed by atoms with Gasteiger partial charge in [-0.2, -0.15) is 0 Å². The van der Waals surface area contributed by atoms with Gasteiger partial charge < -0.3 is 14.2 Å². The second-order valence-corrected chi connectivity index (χ2v) is 6.49. The number of ether oxygens (including phenoxy) is 3. The Labute approximate surface area is 144 Å². The van der Waals surface area contributed by atoms with E-state index in [1.165, 1.54) is 0 Å². The summed E-state index contributed by atoms with van der Waals surface area (Å²) >= 11 is 0. The summed E-state index contributed by atoms with van der Waals surface area (Å²) in [5.41, 5.74) is 0.634. The SMILES string of the molecule is COc1cc(C(C)=O)ccc1OCCCCN1C[C@@H](C)O[C@H](C)C1. The summed E-state index contributed by atoms with van der Waals surface area (Å²) in [4.78, 5) is 13.9. The van der Waals surface area contributed by atoms with Gasteiger partial charge in [0.15, 0.2) is 17.3 Å². The van der Waals surface area contributed by atoms with E-state index < -0.39 is 0 Å². The molecule has 0 spiro atoms. The molecule has 0 aliphatic carbocycles. The largest absolute Gasteiger partial charge is 0.493 e. The minimum atomic E-state index is 0.0221. The Morgan fingerprint density at radius 3 is 2.54 bits per heavy atom. The standard InChI is InChI=1S/C19H29NO4/c1-14-12-20(13-15(2)24-14)9-5-6-10-23-18-8-7-17(16(3)21)11-19(18)22-4/h7-8,11,14-15H,5-6,9-10,12-13H2,1-4H3/t14-,15-/m1/s1. The van der Waals surface area contributed by atoms with Gasteiger partial charge in [-0.3, -0.25) is 9.69 Å². The molecule has 2 rings (SSSR count). The first-order chi connectivity index (χ1) is 11.5. The molecule has 2 atom stereocenters. The van der Waals surface area contributed by atoms with Crippen molar-refractivity contribution in [3.8, 4) is 11.5 Å². The average Bonchev–Trinajstić information content (AvgIpc) is 2.53. The molecule has 134 valence electrons. The molecule has 0 aromatic heterocycles. The number of hydrogen-bond donors (Lipinski definition) is 0. The van der Waals surface area contributed by atoms with Gasteiger partial charge in [0, 0.05) is 18.7 Å². The van der Waals surface area contributed by atoms with E-state index in [9.17, 15) is 4.79 Å². The van der Waals surface area contributed by atoms with Crippen LogP contribution in [0.4, 0.5) is 0 Å². The summed E-state index contributed by atoms with van der Waals surface area (Å²) in [6, 6.07) is 5.31. The van der Waals surface area contributed by atoms with Crippen molar-refractivity contribution in [2.45, 2.75) is 45.8 Å². The molecule has 1 fully saturated rings. The van der Waals surface area contributed by atoms with Gasteiger partial charge in [0.05, 0.1) is 25.9 Å². The highest BCUT2D eigenvalue weighted by atomic mass is 16.5. The molecule has 24 heavy (non-hydrogen) atoms. The molecule has 0 unspecified atom stereocenters. The highest BCUT2D eigenvalue weighted by Gasteiger charge is 2.21. The zero-order chi connectivity index (χ0) is 17.5. The Bertz CT molecular complexity index is 536. The van der Waals surface area contributed by atoms with Crippen LogP contribution in [0.2, 0.25) is 0 Å². The molecule has 1 heterocycles. The number of rotatable bonds is 8. The first-order valence-electron chi connectivity index (χ1n) is 8.69. The molecular weight excluding hydrogens is 306 g/mol. The maximum absolute atomic E-state index is 11.4. The van der Waals surface area contributed by atoms with Crippen molar-refractivity contribution < 1.29 is 19.0 Å². The van der Waals surface area contributed by atoms with Crippen LogP contribution in [0.5, 0.6) is 11.5 Å². The molecule has 5 nitrogen and oxygen atoms in total. The van der Waals surface area contributed by atoms with Crippen molar-refractivity contribution in [1.29, 1.82) is 0 Å². The van der Waals surface area contributed by atoms with Crippen LogP contribution in [0.3, 0.4) is 0 Å². The van der Waals surface area contributed by atoms with Crippen LogP contribution >= 0.6 is 0 Å². The van der Waals surface area contributed by atoms with E-state index in [1.54, 1.807) is 32.2 Å². The first-order valence-corrected chi connectivity index (χ1v) is 8.69. The van der Waals surface area contributed by atoms with Gasteiger partial charge in [0.25, 0.3) is 0 Å². The van der Waals surface area contributed by atoms with E-state index in [1.807, 2.05) is 0 Å². The van der Waals surface area contributed by atoms with Gasteiger partial charge in [-0.15, -0.1) is 0 Å². The van der Waals surface area contributed by atoms with E-state index in [0.29, 0.717) is 35.9 Å². The van der Waals surface area contributed by atoms with Crippen LogP contribution in [0.15, 0.2) is 18.2 Å². The summed E-state index contributed by atoms with van der Waals surface area (Å²) in [6.45, 7) is 9.53. The Balaban J connectivity index is 1.73. The lowest BCUT2D eigenvalue weighted by atomic mass is 10.1. The van der Waals surface area contributed by atoms with Gasteiger partial charge in [0.1, 0.15) is 0 Å². The van der Waals surface area contributed by atoms with Crippen LogP contribution in [0.25, 0.3) is 0 Å². The Morgan fingerprint density at radius 1 is 1.21 bits per heavy atom. The summed E-state index contributed by atoms with van der Waals surface area (Å²) in [5, 5.41) is 0. The van der Waals surface area contributed by atoms with E-state index in [0.717, 1.165) is 32.5 Å². The number of methoxy groups -OCH3 is 1. The second-order valence-electron chi connectivity index (χ2n) is 6.49. The lowest BCUT2D eigenvalue weighted by molar-refractivity contribution is -0.0682. The Hall–Kier alpha value is -1.59. The van der Waals surface area contributed by atoms with Crippen molar-refractivity contribution >= 4 is 5.78 Å². The summed E-state index contributed by atoms with van der Waals surface area (Å²) in [7, 11) is 1.59. The predicted octanol–water partition coefficient (Wildman–Crippen LogP) is 3.17. The molecule has 0 amide bonds. The molecule has 1 aliphatic rings. The van der Waals surface area contributed by atoms with Crippen LogP contribution in [-0.4, -0.2) is 56.2 Å². The van der Waals surface area contributed by atoms with Crippen molar-refractivity contribution in [3.05, 3.63) is 23.8 Å². The number of unbranched alkanes of at least 4 members (excludes halogenated alkanes) is 1. The fourth-order valence-electron chi connectivity index (χ4n) is 3.09. The maximum Gasteiger partial charge on any atom is 0.161 e. The number of ketones is 1. The normalized spacial score (nSPS) is 21.5. The second kappa shape index (κ2) is 9.04. The fraction of sp³-hybridized carbons (Fsp3) is 0.632. The first kappa shape index (κ1) is 18.7. The molecule has 0 radical (unpaired) electrons. The van der Waals surface area contributed by atoms with Crippen molar-refractivity contribution in [2.75, 3.05) is 33.4 Å². The van der Waals surface area contributed by atoms with Crippen molar-refractivity contribution in [3.63, 3.8) is 0 Å². The maximum atomic E-state index is 11.4. The zero-order valence-corrected chi connectivity index (χ0v) is 15.2. The summed E-state index contributed by atoms with van der Waals surface area (Å²) in [5.74, 6) is 1.32. The third-order valence-electron chi connectivity index (χ3n) is 4.19. The van der Waals surface area contributed by atoms with Crippen LogP contribution < -0.4 is 9.47 Å². The van der Waals surface area contributed by atoms with Gasteiger partial charge in [0.2, 0.25) is 0 Å². The molecule has 5 heteroatoms. The minimum absolute atomic E-state index is 0.0221. The molecular formula is C19H29NO4. The van der Waals surface area contributed by atoms with Crippen LogP contribution in [0, 0.1) is 0 Å². The molecule has 1 aromatic carbocycles. The smallest absolute Gasteiger partial charge is 0.161 e. The van der Waals surface area contributed by atoms with E-state index in [2.05, 4.69) is 18.7 Å². The molecule has 0 bridgehead atoms. The third kappa shape index (κ3) is 5.49. The number of hydrogen-bond acceptors (Lipinski definition) is 5. The highest BCUT2D eigenvalue weighted by molar-refractivity contribution is 5.94. The fourth-order valence-corrected chi connectivity index (χ4v) is 3.09. The molecule has 0 saturated carbocycles. The van der Waals surface area contributed by atoms with E-state index in [-0.39, 0.29) is 5.78 Å². The zero-order valence-electron chi connectivity index (χ0n) is 15.2. The number of benzene rings is 1. The van der Waals surface area contributed by atoms with Crippen molar-refractivity contribution in [1.82, 2.24) is 4.90 Å². The number of carbonyl (C=O) groups excluding carboxylic acids is 1. The molecule has 1 aromatic rings. The van der Waals surface area contributed by atoms with Gasteiger partial charge in [-0.1, -0.05) is 0 Å².